The normalized spacial score (nSPS) is 23.8. The molecule has 1 aliphatic carbocycles. The number of allylic oxidation sites excluding steroid dienone is 3. The van der Waals surface area contributed by atoms with Crippen LogP contribution in [0.15, 0.2) is 22.3 Å². The van der Waals surface area contributed by atoms with Crippen LogP contribution in [-0.4, -0.2) is 5.54 Å². The molecule has 0 aromatic carbocycles. The SMILES string of the molecule is CC1=C(C)C(C)C(CC(C)(C)N)=C1C. The van der Waals surface area contributed by atoms with Gasteiger partial charge in [0, 0.05) is 5.54 Å². The molecule has 0 bridgehead atoms. The molecule has 0 aromatic heterocycles. The van der Waals surface area contributed by atoms with Crippen LogP contribution in [0.25, 0.3) is 0 Å². The molecule has 0 radical (unpaired) electrons. The molecule has 1 aliphatic rings. The third kappa shape index (κ3) is 2.09. The first-order valence-electron chi connectivity index (χ1n) is 5.40. The maximum Gasteiger partial charge on any atom is 0.0135 e. The second-order valence-electron chi connectivity index (χ2n) is 5.35. The van der Waals surface area contributed by atoms with E-state index in [4.69, 9.17) is 5.73 Å². The number of hydrogen-bond donors (Lipinski definition) is 1. The van der Waals surface area contributed by atoms with Crippen LogP contribution in [0.3, 0.4) is 0 Å². The van der Waals surface area contributed by atoms with Gasteiger partial charge in [-0.05, 0) is 58.1 Å². The lowest BCUT2D eigenvalue weighted by atomic mass is 9.87. The van der Waals surface area contributed by atoms with Crippen LogP contribution in [0.1, 0.15) is 48.0 Å². The lowest BCUT2D eigenvalue weighted by molar-refractivity contribution is 0.494. The molecule has 1 atom stereocenters. The molecular weight excluding hydrogens is 170 g/mol. The summed E-state index contributed by atoms with van der Waals surface area (Å²) in [6.45, 7) is 13.2. The van der Waals surface area contributed by atoms with Crippen molar-refractivity contribution in [2.45, 2.75) is 53.5 Å². The van der Waals surface area contributed by atoms with E-state index in [0.717, 1.165) is 6.42 Å². The molecule has 0 fully saturated rings. The van der Waals surface area contributed by atoms with E-state index in [2.05, 4.69) is 41.5 Å². The van der Waals surface area contributed by atoms with Crippen molar-refractivity contribution in [1.82, 2.24) is 0 Å². The van der Waals surface area contributed by atoms with Crippen LogP contribution in [0, 0.1) is 5.92 Å². The maximum absolute atomic E-state index is 6.08. The molecule has 1 nitrogen and oxygen atoms in total. The number of hydrogen-bond acceptors (Lipinski definition) is 1. The molecule has 0 aliphatic heterocycles. The minimum absolute atomic E-state index is 0.0875. The predicted octanol–water partition coefficient (Wildman–Crippen LogP) is 3.42. The van der Waals surface area contributed by atoms with Gasteiger partial charge in [-0.25, -0.2) is 0 Å². The summed E-state index contributed by atoms with van der Waals surface area (Å²) in [5.41, 5.74) is 12.0. The molecule has 0 amide bonds. The smallest absolute Gasteiger partial charge is 0.0135 e. The molecule has 1 unspecified atom stereocenters. The van der Waals surface area contributed by atoms with Gasteiger partial charge in [0.1, 0.15) is 0 Å². The second-order valence-corrected chi connectivity index (χ2v) is 5.35. The van der Waals surface area contributed by atoms with Gasteiger partial charge in [0.2, 0.25) is 0 Å². The highest BCUT2D eigenvalue weighted by atomic mass is 14.7. The van der Waals surface area contributed by atoms with E-state index < -0.39 is 0 Å². The van der Waals surface area contributed by atoms with Crippen LogP contribution < -0.4 is 5.73 Å². The van der Waals surface area contributed by atoms with Crippen molar-refractivity contribution in [2.24, 2.45) is 11.7 Å². The molecule has 0 spiro atoms. The van der Waals surface area contributed by atoms with Gasteiger partial charge >= 0.3 is 0 Å². The number of nitrogens with two attached hydrogens (primary N) is 1. The Bertz CT molecular complexity index is 300. The van der Waals surface area contributed by atoms with E-state index in [-0.39, 0.29) is 5.54 Å². The summed E-state index contributed by atoms with van der Waals surface area (Å²) in [6.07, 6.45) is 1.01. The summed E-state index contributed by atoms with van der Waals surface area (Å²) in [5.74, 6) is 0.595. The summed E-state index contributed by atoms with van der Waals surface area (Å²) in [4.78, 5) is 0. The van der Waals surface area contributed by atoms with Crippen LogP contribution >= 0.6 is 0 Å². The van der Waals surface area contributed by atoms with E-state index in [9.17, 15) is 0 Å². The fraction of sp³-hybridized carbons (Fsp3) is 0.692. The molecule has 1 rings (SSSR count). The Morgan fingerprint density at radius 2 is 1.64 bits per heavy atom. The van der Waals surface area contributed by atoms with Crippen LogP contribution in [-0.2, 0) is 0 Å². The lowest BCUT2D eigenvalue weighted by Crippen LogP contribution is -2.33. The average molecular weight is 193 g/mol. The van der Waals surface area contributed by atoms with Gasteiger partial charge < -0.3 is 5.73 Å². The predicted molar refractivity (Wildman–Crippen MR) is 63.1 cm³/mol. The third-order valence-electron chi connectivity index (χ3n) is 3.45. The summed E-state index contributed by atoms with van der Waals surface area (Å²) in [5, 5.41) is 0. The molecule has 0 heterocycles. The molecule has 1 heteroatoms. The highest BCUT2D eigenvalue weighted by molar-refractivity contribution is 5.47. The first-order valence-corrected chi connectivity index (χ1v) is 5.40. The van der Waals surface area contributed by atoms with Crippen molar-refractivity contribution in [3.05, 3.63) is 22.3 Å². The summed E-state index contributed by atoms with van der Waals surface area (Å²) < 4.78 is 0. The Balaban J connectivity index is 2.94. The highest BCUT2D eigenvalue weighted by Gasteiger charge is 2.26. The van der Waals surface area contributed by atoms with Crippen LogP contribution in [0.5, 0.6) is 0 Å². The maximum atomic E-state index is 6.08. The van der Waals surface area contributed by atoms with Gasteiger partial charge in [-0.2, -0.15) is 0 Å². The first kappa shape index (κ1) is 11.5. The Morgan fingerprint density at radius 3 is 1.93 bits per heavy atom. The van der Waals surface area contributed by atoms with Gasteiger partial charge in [-0.3, -0.25) is 0 Å². The van der Waals surface area contributed by atoms with Crippen LogP contribution in [0.2, 0.25) is 0 Å². The Hall–Kier alpha value is -0.560. The van der Waals surface area contributed by atoms with E-state index >= 15 is 0 Å². The zero-order valence-electron chi connectivity index (χ0n) is 10.4. The zero-order chi connectivity index (χ0) is 11.1. The fourth-order valence-corrected chi connectivity index (χ4v) is 2.22. The molecule has 14 heavy (non-hydrogen) atoms. The van der Waals surface area contributed by atoms with Gasteiger partial charge in [-0.15, -0.1) is 0 Å². The Labute approximate surface area is 88.1 Å². The Morgan fingerprint density at radius 1 is 1.14 bits per heavy atom. The molecule has 0 saturated carbocycles. The minimum Gasteiger partial charge on any atom is -0.325 e. The van der Waals surface area contributed by atoms with Crippen molar-refractivity contribution < 1.29 is 0 Å². The average Bonchev–Trinajstić information content (AvgIpc) is 2.20. The fourth-order valence-electron chi connectivity index (χ4n) is 2.22. The Kier molecular flexibility index (Phi) is 2.91. The molecule has 2 N–H and O–H groups in total. The van der Waals surface area contributed by atoms with Crippen molar-refractivity contribution in [2.75, 3.05) is 0 Å². The zero-order valence-corrected chi connectivity index (χ0v) is 10.4. The monoisotopic (exact) mass is 193 g/mol. The molecule has 0 saturated heterocycles. The van der Waals surface area contributed by atoms with Crippen molar-refractivity contribution in [3.63, 3.8) is 0 Å². The summed E-state index contributed by atoms with van der Waals surface area (Å²) >= 11 is 0. The summed E-state index contributed by atoms with van der Waals surface area (Å²) in [6, 6.07) is 0. The highest BCUT2D eigenvalue weighted by Crippen LogP contribution is 2.39. The largest absolute Gasteiger partial charge is 0.325 e. The number of rotatable bonds is 2. The topological polar surface area (TPSA) is 26.0 Å². The van der Waals surface area contributed by atoms with Gasteiger partial charge in [-0.1, -0.05) is 18.1 Å². The quantitative estimate of drug-likeness (QED) is 0.714. The molecular formula is C13H23N. The van der Waals surface area contributed by atoms with Crippen molar-refractivity contribution in [3.8, 4) is 0 Å². The van der Waals surface area contributed by atoms with E-state index in [1.807, 2.05) is 0 Å². The van der Waals surface area contributed by atoms with Gasteiger partial charge in [0.15, 0.2) is 0 Å². The first-order chi connectivity index (χ1) is 6.24. The third-order valence-corrected chi connectivity index (χ3v) is 3.45. The van der Waals surface area contributed by atoms with Crippen molar-refractivity contribution >= 4 is 0 Å². The lowest BCUT2D eigenvalue weighted by Gasteiger charge is -2.23. The van der Waals surface area contributed by atoms with E-state index in [1.54, 1.807) is 0 Å². The van der Waals surface area contributed by atoms with E-state index in [0.29, 0.717) is 5.92 Å². The van der Waals surface area contributed by atoms with E-state index in [1.165, 1.54) is 22.3 Å². The van der Waals surface area contributed by atoms with Gasteiger partial charge in [0.05, 0.1) is 0 Å². The molecule has 0 aromatic rings. The minimum atomic E-state index is -0.0875. The van der Waals surface area contributed by atoms with Crippen molar-refractivity contribution in [1.29, 1.82) is 0 Å². The second kappa shape index (κ2) is 3.54. The molecule has 80 valence electrons. The standard InChI is InChI=1S/C13H23N/c1-8-9(2)11(4)12(10(8)3)7-13(5,6)14/h10H,7,14H2,1-6H3. The summed E-state index contributed by atoms with van der Waals surface area (Å²) in [7, 11) is 0. The van der Waals surface area contributed by atoms with Crippen LogP contribution in [0.4, 0.5) is 0 Å². The van der Waals surface area contributed by atoms with Gasteiger partial charge in [0.25, 0.3) is 0 Å².